The summed E-state index contributed by atoms with van der Waals surface area (Å²) in [5.41, 5.74) is 2.40. The Balaban J connectivity index is 1.66. The number of ether oxygens (including phenoxy) is 2. The van der Waals surface area contributed by atoms with E-state index in [0.717, 1.165) is 51.6 Å². The lowest BCUT2D eigenvalue weighted by Crippen LogP contribution is -2.44. The van der Waals surface area contributed by atoms with Gasteiger partial charge in [-0.3, -0.25) is 4.99 Å². The van der Waals surface area contributed by atoms with Gasteiger partial charge in [0.1, 0.15) is 0 Å². The maximum atomic E-state index is 5.82. The van der Waals surface area contributed by atoms with Crippen molar-refractivity contribution < 1.29 is 9.47 Å². The van der Waals surface area contributed by atoms with Gasteiger partial charge in [-0.15, -0.1) is 0 Å². The first kappa shape index (κ1) is 20.9. The second kappa shape index (κ2) is 10.1. The Morgan fingerprint density at radius 1 is 1.29 bits per heavy atom. The van der Waals surface area contributed by atoms with Crippen LogP contribution in [0.3, 0.4) is 0 Å². The normalized spacial score (nSPS) is 20.8. The first-order valence-corrected chi connectivity index (χ1v) is 10.7. The highest BCUT2D eigenvalue weighted by atomic mass is 16.5. The molecule has 2 N–H and O–H groups in total. The summed E-state index contributed by atoms with van der Waals surface area (Å²) in [5.74, 6) is 0.837. The molecule has 1 unspecified atom stereocenters. The summed E-state index contributed by atoms with van der Waals surface area (Å²) in [6.07, 6.45) is 4.36. The Labute approximate surface area is 169 Å². The molecule has 0 aromatic heterocycles. The van der Waals surface area contributed by atoms with Gasteiger partial charge in [-0.05, 0) is 44.4 Å². The summed E-state index contributed by atoms with van der Waals surface area (Å²) < 4.78 is 11.3. The van der Waals surface area contributed by atoms with Gasteiger partial charge in [0.05, 0.1) is 18.2 Å². The highest BCUT2D eigenvalue weighted by molar-refractivity contribution is 5.80. The topological polar surface area (TPSA) is 58.1 Å². The van der Waals surface area contributed by atoms with E-state index in [1.54, 1.807) is 7.11 Å². The fourth-order valence-corrected chi connectivity index (χ4v) is 3.97. The zero-order chi connectivity index (χ0) is 19.8. The molecule has 156 valence electrons. The summed E-state index contributed by atoms with van der Waals surface area (Å²) in [6.45, 7) is 9.57. The van der Waals surface area contributed by atoms with Gasteiger partial charge in [-0.25, -0.2) is 0 Å². The van der Waals surface area contributed by atoms with Crippen molar-refractivity contribution in [1.29, 1.82) is 0 Å². The molecule has 0 saturated carbocycles. The van der Waals surface area contributed by atoms with E-state index in [1.807, 2.05) is 0 Å². The molecule has 3 rings (SSSR count). The highest BCUT2D eigenvalue weighted by Crippen LogP contribution is 2.26. The van der Waals surface area contributed by atoms with E-state index >= 15 is 0 Å². The predicted molar refractivity (Wildman–Crippen MR) is 115 cm³/mol. The molecule has 2 fully saturated rings. The minimum Gasteiger partial charge on any atom is -0.381 e. The number of nitrogens with one attached hydrogen (secondary N) is 2. The van der Waals surface area contributed by atoms with Crippen LogP contribution in [0.5, 0.6) is 0 Å². The highest BCUT2D eigenvalue weighted by Gasteiger charge is 2.32. The molecule has 1 aromatic rings. The lowest BCUT2D eigenvalue weighted by molar-refractivity contribution is -0.0828. The Hall–Kier alpha value is -1.79. The van der Waals surface area contributed by atoms with E-state index in [9.17, 15) is 0 Å². The largest absolute Gasteiger partial charge is 0.381 e. The monoisotopic (exact) mass is 388 g/mol. The van der Waals surface area contributed by atoms with Gasteiger partial charge in [0.25, 0.3) is 0 Å². The average Bonchev–Trinajstić information content (AvgIpc) is 3.28. The molecule has 28 heavy (non-hydrogen) atoms. The third kappa shape index (κ3) is 5.39. The molecular formula is C22H36N4O2. The smallest absolute Gasteiger partial charge is 0.191 e. The molecule has 0 spiro atoms. The first-order valence-electron chi connectivity index (χ1n) is 10.7. The SMILES string of the molecule is CCNC(=NCC1(OC)CCOCC1)NC(C)c1cccc(N2CCCC2)c1. The standard InChI is InChI=1S/C22H36N4O2/c1-4-23-21(24-17-22(27-3)10-14-28-15-11-22)25-18(2)19-8-7-9-20(16-19)26-12-5-6-13-26/h7-9,16,18H,4-6,10-15,17H2,1-3H3,(H2,23,24,25). The molecule has 0 amide bonds. The van der Waals surface area contributed by atoms with E-state index in [1.165, 1.54) is 24.1 Å². The fraction of sp³-hybridized carbons (Fsp3) is 0.682. The van der Waals surface area contributed by atoms with Crippen molar-refractivity contribution in [2.75, 3.05) is 51.4 Å². The minimum atomic E-state index is -0.209. The van der Waals surface area contributed by atoms with Crippen molar-refractivity contribution in [3.63, 3.8) is 0 Å². The van der Waals surface area contributed by atoms with Gasteiger partial charge >= 0.3 is 0 Å². The molecule has 6 heteroatoms. The van der Waals surface area contributed by atoms with Gasteiger partial charge in [-0.1, -0.05) is 12.1 Å². The Kier molecular flexibility index (Phi) is 7.57. The number of rotatable bonds is 7. The lowest BCUT2D eigenvalue weighted by atomic mass is 9.94. The number of guanidine groups is 1. The molecule has 2 aliphatic heterocycles. The van der Waals surface area contributed by atoms with Crippen LogP contribution in [0.4, 0.5) is 5.69 Å². The van der Waals surface area contributed by atoms with Crippen LogP contribution in [0.2, 0.25) is 0 Å². The Morgan fingerprint density at radius 3 is 2.71 bits per heavy atom. The van der Waals surface area contributed by atoms with Crippen molar-refractivity contribution in [2.24, 2.45) is 4.99 Å². The van der Waals surface area contributed by atoms with Crippen LogP contribution in [-0.2, 0) is 9.47 Å². The quantitative estimate of drug-likeness (QED) is 0.555. The van der Waals surface area contributed by atoms with Crippen LogP contribution < -0.4 is 15.5 Å². The molecule has 2 saturated heterocycles. The molecular weight excluding hydrogens is 352 g/mol. The number of anilines is 1. The third-order valence-corrected chi connectivity index (χ3v) is 5.90. The molecule has 2 aliphatic rings. The maximum absolute atomic E-state index is 5.82. The first-order chi connectivity index (χ1) is 13.7. The van der Waals surface area contributed by atoms with Crippen molar-refractivity contribution in [3.8, 4) is 0 Å². The van der Waals surface area contributed by atoms with Gasteiger partial charge in [0, 0.05) is 58.5 Å². The molecule has 0 radical (unpaired) electrons. The molecule has 2 heterocycles. The number of aliphatic imine (C=N–C) groups is 1. The molecule has 0 aliphatic carbocycles. The van der Waals surface area contributed by atoms with E-state index < -0.39 is 0 Å². The van der Waals surface area contributed by atoms with Crippen molar-refractivity contribution in [3.05, 3.63) is 29.8 Å². The van der Waals surface area contributed by atoms with Gasteiger partial charge < -0.3 is 25.0 Å². The van der Waals surface area contributed by atoms with Crippen LogP contribution in [0.15, 0.2) is 29.3 Å². The maximum Gasteiger partial charge on any atom is 0.191 e. The average molecular weight is 389 g/mol. The van der Waals surface area contributed by atoms with Crippen molar-refractivity contribution in [1.82, 2.24) is 10.6 Å². The molecule has 6 nitrogen and oxygen atoms in total. The van der Waals surface area contributed by atoms with Crippen molar-refractivity contribution in [2.45, 2.75) is 51.2 Å². The van der Waals surface area contributed by atoms with E-state index in [2.05, 4.69) is 53.6 Å². The number of benzene rings is 1. The fourth-order valence-electron chi connectivity index (χ4n) is 3.97. The molecule has 0 bridgehead atoms. The van der Waals surface area contributed by atoms with Gasteiger partial charge in [0.2, 0.25) is 0 Å². The summed E-state index contributed by atoms with van der Waals surface area (Å²) in [7, 11) is 1.79. The second-order valence-corrected chi connectivity index (χ2v) is 7.85. The van der Waals surface area contributed by atoms with Crippen LogP contribution in [0.25, 0.3) is 0 Å². The Morgan fingerprint density at radius 2 is 2.04 bits per heavy atom. The van der Waals surface area contributed by atoms with Crippen LogP contribution in [0.1, 0.15) is 51.1 Å². The molecule has 1 aromatic carbocycles. The summed E-state index contributed by atoms with van der Waals surface area (Å²) >= 11 is 0. The second-order valence-electron chi connectivity index (χ2n) is 7.85. The number of methoxy groups -OCH3 is 1. The Bertz CT molecular complexity index is 637. The van der Waals surface area contributed by atoms with Gasteiger partial charge in [0.15, 0.2) is 5.96 Å². The van der Waals surface area contributed by atoms with Crippen molar-refractivity contribution >= 4 is 11.6 Å². The third-order valence-electron chi connectivity index (χ3n) is 5.90. The van der Waals surface area contributed by atoms with E-state index in [4.69, 9.17) is 14.5 Å². The molecule has 1 atom stereocenters. The predicted octanol–water partition coefficient (Wildman–Crippen LogP) is 3.10. The van der Waals surface area contributed by atoms with Crippen LogP contribution in [0, 0.1) is 0 Å². The number of nitrogens with zero attached hydrogens (tertiary/aromatic N) is 2. The van der Waals surface area contributed by atoms with Gasteiger partial charge in [-0.2, -0.15) is 0 Å². The van der Waals surface area contributed by atoms with E-state index in [-0.39, 0.29) is 11.6 Å². The zero-order valence-electron chi connectivity index (χ0n) is 17.7. The summed E-state index contributed by atoms with van der Waals surface area (Å²) in [6, 6.07) is 9.05. The summed E-state index contributed by atoms with van der Waals surface area (Å²) in [4.78, 5) is 7.32. The number of hydrogen-bond acceptors (Lipinski definition) is 4. The zero-order valence-corrected chi connectivity index (χ0v) is 17.7. The van der Waals surface area contributed by atoms with E-state index in [0.29, 0.717) is 6.54 Å². The number of hydrogen-bond donors (Lipinski definition) is 2. The minimum absolute atomic E-state index is 0.175. The lowest BCUT2D eigenvalue weighted by Gasteiger charge is -2.34. The van der Waals surface area contributed by atoms with Crippen LogP contribution >= 0.6 is 0 Å². The van der Waals surface area contributed by atoms with Crippen LogP contribution in [-0.4, -0.2) is 58.1 Å². The summed E-state index contributed by atoms with van der Waals surface area (Å²) in [5, 5.41) is 6.94.